The molecule has 0 aromatic carbocycles. The lowest BCUT2D eigenvalue weighted by molar-refractivity contribution is -0.347. The molecule has 2 aliphatic rings. The molecule has 30 heavy (non-hydrogen) atoms. The van der Waals surface area contributed by atoms with Gasteiger partial charge in [0.25, 0.3) is 0 Å². The predicted octanol–water partition coefficient (Wildman–Crippen LogP) is -6.60. The molecule has 2 saturated heterocycles. The van der Waals surface area contributed by atoms with Crippen LogP contribution in [0, 0.1) is 0 Å². The van der Waals surface area contributed by atoms with Crippen LogP contribution in [0.15, 0.2) is 0 Å². The molecule has 2 fully saturated rings. The van der Waals surface area contributed by atoms with Gasteiger partial charge in [0.1, 0.15) is 48.8 Å². The van der Waals surface area contributed by atoms with Crippen LogP contribution < -0.4 is 11.1 Å². The second-order valence-corrected chi connectivity index (χ2v) is 8.34. The van der Waals surface area contributed by atoms with Gasteiger partial charge in [-0.2, -0.15) is 0 Å². The molecule has 0 aromatic rings. The number of amides is 1. The lowest BCUT2D eigenvalue weighted by atomic mass is 9.95. The van der Waals surface area contributed by atoms with E-state index in [0.29, 0.717) is 0 Å². The molecule has 13 nitrogen and oxygen atoms in total. The van der Waals surface area contributed by atoms with Crippen LogP contribution in [-0.4, -0.2) is 132 Å². The van der Waals surface area contributed by atoms with Crippen LogP contribution in [0.5, 0.6) is 0 Å². The normalized spacial score (nSPS) is 42.7. The van der Waals surface area contributed by atoms with E-state index in [1.807, 2.05) is 6.92 Å². The van der Waals surface area contributed by atoms with Crippen LogP contribution in [0.25, 0.3) is 0 Å². The fraction of sp³-hybridized carbons (Fsp3) is 0.938. The number of aliphatic hydroxyl groups is 7. The first-order valence-electron chi connectivity index (χ1n) is 9.62. The van der Waals surface area contributed by atoms with E-state index in [-0.39, 0.29) is 10.2 Å². The predicted molar refractivity (Wildman–Crippen MR) is 104 cm³/mol. The summed E-state index contributed by atoms with van der Waals surface area (Å²) < 4.78 is 16.0. The van der Waals surface area contributed by atoms with Crippen molar-refractivity contribution >= 4 is 16.1 Å². The zero-order valence-electron chi connectivity index (χ0n) is 17.1. The first-order valence-corrected chi connectivity index (χ1v) is 10.8. The fourth-order valence-corrected chi connectivity index (χ4v) is 3.73. The van der Waals surface area contributed by atoms with Gasteiger partial charge in [0, 0.05) is 17.2 Å². The maximum absolute atomic E-state index is 11.3. The van der Waals surface area contributed by atoms with Crippen LogP contribution in [0.2, 0.25) is 0 Å². The molecule has 10 N–H and O–H groups in total. The molecule has 0 spiro atoms. The Hall–Kier alpha value is -0.753. The van der Waals surface area contributed by atoms with Crippen molar-refractivity contribution in [1.29, 1.82) is 0 Å². The van der Waals surface area contributed by atoms with Crippen molar-refractivity contribution in [3.8, 4) is 0 Å². The van der Waals surface area contributed by atoms with Crippen molar-refractivity contribution in [1.82, 2.24) is 5.32 Å². The first-order chi connectivity index (χ1) is 14.0. The van der Waals surface area contributed by atoms with E-state index < -0.39 is 79.6 Å². The van der Waals surface area contributed by atoms with Gasteiger partial charge in [-0.05, 0) is 6.54 Å². The van der Waals surface area contributed by atoms with Gasteiger partial charge >= 0.3 is 0 Å². The molecular weight excluding hydrogens is 424 g/mol. The van der Waals surface area contributed by atoms with Gasteiger partial charge in [-0.3, -0.25) is 4.79 Å². The van der Waals surface area contributed by atoms with Crippen molar-refractivity contribution < 1.29 is 54.8 Å². The van der Waals surface area contributed by atoms with Gasteiger partial charge < -0.3 is 61.0 Å². The molecule has 0 aliphatic carbocycles. The number of nitrogens with two attached hydrogens (primary N) is 1. The van der Waals surface area contributed by atoms with Crippen molar-refractivity contribution in [3.05, 3.63) is 0 Å². The summed E-state index contributed by atoms with van der Waals surface area (Å²) in [4.78, 5) is 11.3. The second-order valence-electron chi connectivity index (χ2n) is 7.15. The number of carbonyl (C=O) groups excluding carboxylic acids is 1. The summed E-state index contributed by atoms with van der Waals surface area (Å²) in [6.45, 7) is 3.14. The molecule has 0 saturated carbocycles. The highest BCUT2D eigenvalue weighted by Gasteiger charge is 2.51. The number of nitrogens with one attached hydrogen (secondary N) is 1. The quantitative estimate of drug-likeness (QED) is 0.175. The van der Waals surface area contributed by atoms with E-state index in [9.17, 15) is 40.5 Å². The van der Waals surface area contributed by atoms with Gasteiger partial charge in [0.05, 0.1) is 12.3 Å². The van der Waals surface area contributed by atoms with Crippen molar-refractivity contribution in [3.63, 3.8) is 0 Å². The van der Waals surface area contributed by atoms with Crippen LogP contribution in [-0.2, 0) is 19.0 Å². The summed E-state index contributed by atoms with van der Waals surface area (Å²) in [6.07, 6.45) is -13.6. The van der Waals surface area contributed by atoms with Gasteiger partial charge in [-0.1, -0.05) is 6.92 Å². The Balaban J connectivity index is 0.00000141. The van der Waals surface area contributed by atoms with Gasteiger partial charge in [-0.25, -0.2) is 0 Å². The summed E-state index contributed by atoms with van der Waals surface area (Å²) in [7, 11) is 0.198. The summed E-state index contributed by atoms with van der Waals surface area (Å²) in [6, 6.07) is -1.29. The largest absolute Gasteiger partial charge is 0.395 e. The summed E-state index contributed by atoms with van der Waals surface area (Å²) >= 11 is 0. The Morgan fingerprint density at radius 2 is 1.70 bits per heavy atom. The van der Waals surface area contributed by atoms with Crippen LogP contribution in [0.3, 0.4) is 0 Å². The van der Waals surface area contributed by atoms with E-state index in [2.05, 4.69) is 5.32 Å². The highest BCUT2D eigenvalue weighted by Crippen LogP contribution is 2.29. The van der Waals surface area contributed by atoms with Crippen molar-refractivity contribution in [2.75, 3.05) is 13.2 Å². The van der Waals surface area contributed by atoms with E-state index in [4.69, 9.17) is 19.9 Å². The Morgan fingerprint density at radius 3 is 2.17 bits per heavy atom. The van der Waals surface area contributed by atoms with Crippen molar-refractivity contribution in [2.45, 2.75) is 80.9 Å². The lowest BCUT2D eigenvalue weighted by Gasteiger charge is -2.46. The molecule has 1 amide bonds. The molecule has 0 aromatic heterocycles. The second kappa shape index (κ2) is 12.3. The summed E-state index contributed by atoms with van der Waals surface area (Å²) in [5.41, 5.74) is 3.77. The maximum Gasteiger partial charge on any atom is 0.217 e. The fourth-order valence-electron chi connectivity index (χ4n) is 3.18. The number of ether oxygens (including phenoxy) is 3. The van der Waals surface area contributed by atoms with Crippen LogP contribution in [0.4, 0.5) is 0 Å². The number of aliphatic hydroxyl groups excluding tert-OH is 7. The average Bonchev–Trinajstić information content (AvgIpc) is 2.67. The number of hydrogen-bond donors (Lipinski definition) is 9. The smallest absolute Gasteiger partial charge is 0.217 e. The van der Waals surface area contributed by atoms with Crippen molar-refractivity contribution in [2.24, 2.45) is 5.73 Å². The molecule has 178 valence electrons. The molecular formula is C16H34N2O11Si. The minimum absolute atomic E-state index is 0.198. The molecule has 2 aliphatic heterocycles. The molecule has 0 radical (unpaired) electrons. The number of carbonyl (C=O) groups is 1. The van der Waals surface area contributed by atoms with E-state index in [1.165, 1.54) is 0 Å². The minimum Gasteiger partial charge on any atom is -0.395 e. The van der Waals surface area contributed by atoms with Crippen LogP contribution >= 0.6 is 0 Å². The third-order valence-corrected chi connectivity index (χ3v) is 5.27. The van der Waals surface area contributed by atoms with Crippen LogP contribution in [0.1, 0.15) is 13.8 Å². The summed E-state index contributed by atoms with van der Waals surface area (Å²) in [5, 5.41) is 71.9. The average molecular weight is 459 g/mol. The third-order valence-electron chi connectivity index (χ3n) is 4.62. The molecule has 0 bridgehead atoms. The maximum atomic E-state index is 11.3. The summed E-state index contributed by atoms with van der Waals surface area (Å²) in [5.74, 6) is -0.561. The molecule has 14 heteroatoms. The molecule has 2 heterocycles. The third kappa shape index (κ3) is 6.62. The Labute approximate surface area is 176 Å². The first kappa shape index (κ1) is 27.3. The topological polar surface area (TPSA) is 224 Å². The van der Waals surface area contributed by atoms with Gasteiger partial charge in [0.15, 0.2) is 12.6 Å². The molecule has 2 unspecified atom stereocenters. The number of hydrogen-bond acceptors (Lipinski definition) is 12. The zero-order chi connectivity index (χ0) is 23.2. The molecule has 11 atom stereocenters. The highest BCUT2D eigenvalue weighted by atomic mass is 28.1. The van der Waals surface area contributed by atoms with E-state index in [1.54, 1.807) is 0 Å². The number of rotatable bonds is 5. The Kier molecular flexibility index (Phi) is 11.2. The molecule has 2 rings (SSSR count). The SMILES string of the molecule is CC(=O)N[C@H]1C(O)O[C@H](CO)[C@@H](O[C@@H]2O[C@H](C(O)[SiH3])[C@H](O)[C@H](O)[C@H]2O)[C@@H]1O.CCN. The van der Waals surface area contributed by atoms with Gasteiger partial charge in [0.2, 0.25) is 5.91 Å². The van der Waals surface area contributed by atoms with E-state index >= 15 is 0 Å². The lowest BCUT2D eigenvalue weighted by Crippen LogP contribution is -2.67. The Bertz CT molecular complexity index is 531. The Morgan fingerprint density at radius 1 is 1.13 bits per heavy atom. The minimum atomic E-state index is -1.73. The standard InChI is InChI=1S/C14H27NO11Si.C2H7N/c1-3(17)15-5-6(18)10(4(2-16)24-12(5)22)25-14-9(21)7(19)8(20)11(26-14)13(23)27;1-2-3/h4-14,16,18-23H,2H2,1,27H3,(H,15,17);2-3H2,1H3/t4-,5-,6-,7+,8-,9-,10-,11+,12?,13?,14-;/m1./s1. The van der Waals surface area contributed by atoms with E-state index in [0.717, 1.165) is 13.5 Å². The highest BCUT2D eigenvalue weighted by molar-refractivity contribution is 6.11. The van der Waals surface area contributed by atoms with Gasteiger partial charge in [-0.15, -0.1) is 0 Å². The monoisotopic (exact) mass is 458 g/mol. The zero-order valence-corrected chi connectivity index (χ0v) is 19.1.